The van der Waals surface area contributed by atoms with Crippen LogP contribution >= 0.6 is 0 Å². The molecule has 0 heterocycles. The second-order valence-corrected chi connectivity index (χ2v) is 4.66. The van der Waals surface area contributed by atoms with Gasteiger partial charge in [-0.15, -0.1) is 0 Å². The van der Waals surface area contributed by atoms with Crippen molar-refractivity contribution < 1.29 is 14.3 Å². The van der Waals surface area contributed by atoms with Crippen molar-refractivity contribution in [3.05, 3.63) is 29.6 Å². The molecule has 92 valence electrons. The fraction of sp³-hybridized carbons (Fsp3) is 0.462. The lowest BCUT2D eigenvalue weighted by atomic mass is 10.1. The highest BCUT2D eigenvalue weighted by atomic mass is 19.1. The molecule has 1 amide bonds. The number of aromatic hydroxyl groups is 1. The second-order valence-electron chi connectivity index (χ2n) is 4.66. The Kier molecular flexibility index (Phi) is 3.05. The van der Waals surface area contributed by atoms with Crippen LogP contribution in [0.15, 0.2) is 18.2 Å². The number of carbonyl (C=O) groups is 1. The van der Waals surface area contributed by atoms with E-state index in [2.05, 4.69) is 0 Å². The summed E-state index contributed by atoms with van der Waals surface area (Å²) in [5.41, 5.74) is 0.0278. The molecule has 1 atom stereocenters. The highest BCUT2D eigenvalue weighted by Crippen LogP contribution is 2.35. The summed E-state index contributed by atoms with van der Waals surface area (Å²) in [4.78, 5) is 13.7. The predicted molar refractivity (Wildman–Crippen MR) is 62.3 cm³/mol. The van der Waals surface area contributed by atoms with Gasteiger partial charge in [0.25, 0.3) is 5.91 Å². The molecule has 17 heavy (non-hydrogen) atoms. The third-order valence-corrected chi connectivity index (χ3v) is 3.42. The fourth-order valence-electron chi connectivity index (χ4n) is 1.95. The van der Waals surface area contributed by atoms with Crippen molar-refractivity contribution in [2.45, 2.75) is 25.8 Å². The number of nitrogens with zero attached hydrogens (tertiary/aromatic N) is 1. The molecule has 1 fully saturated rings. The normalized spacial score (nSPS) is 16.6. The summed E-state index contributed by atoms with van der Waals surface area (Å²) >= 11 is 0. The first-order valence-electron chi connectivity index (χ1n) is 5.76. The number of phenols is 1. The number of benzene rings is 1. The van der Waals surface area contributed by atoms with Crippen molar-refractivity contribution in [1.29, 1.82) is 0 Å². The highest BCUT2D eigenvalue weighted by Gasteiger charge is 2.33. The summed E-state index contributed by atoms with van der Waals surface area (Å²) in [6, 6.07) is 3.55. The predicted octanol–water partition coefficient (Wildman–Crippen LogP) is 2.40. The van der Waals surface area contributed by atoms with Crippen LogP contribution < -0.4 is 0 Å². The molecular weight excluding hydrogens is 221 g/mol. The first-order valence-corrected chi connectivity index (χ1v) is 5.76. The van der Waals surface area contributed by atoms with E-state index in [9.17, 15) is 14.3 Å². The summed E-state index contributed by atoms with van der Waals surface area (Å²) in [6.07, 6.45) is 2.27. The minimum atomic E-state index is -0.515. The van der Waals surface area contributed by atoms with E-state index in [0.29, 0.717) is 5.92 Å². The van der Waals surface area contributed by atoms with Crippen molar-refractivity contribution in [2.75, 3.05) is 7.05 Å². The zero-order valence-corrected chi connectivity index (χ0v) is 9.98. The Morgan fingerprint density at radius 3 is 2.76 bits per heavy atom. The van der Waals surface area contributed by atoms with E-state index >= 15 is 0 Å². The average molecular weight is 237 g/mol. The zero-order valence-electron chi connectivity index (χ0n) is 9.98. The molecule has 0 spiro atoms. The SMILES string of the molecule is CC(C1CC1)N(C)C(=O)c1cc(F)ccc1O. The second kappa shape index (κ2) is 4.35. The van der Waals surface area contributed by atoms with Crippen molar-refractivity contribution in [1.82, 2.24) is 4.90 Å². The maximum Gasteiger partial charge on any atom is 0.257 e. The van der Waals surface area contributed by atoms with Gasteiger partial charge in [0.15, 0.2) is 0 Å². The van der Waals surface area contributed by atoms with E-state index in [1.54, 1.807) is 11.9 Å². The number of hydrogen-bond donors (Lipinski definition) is 1. The molecule has 1 saturated carbocycles. The van der Waals surface area contributed by atoms with E-state index < -0.39 is 5.82 Å². The lowest BCUT2D eigenvalue weighted by molar-refractivity contribution is 0.0723. The topological polar surface area (TPSA) is 40.5 Å². The van der Waals surface area contributed by atoms with Gasteiger partial charge in [0, 0.05) is 13.1 Å². The molecule has 1 aromatic carbocycles. The molecule has 2 rings (SSSR count). The third kappa shape index (κ3) is 2.40. The molecule has 4 heteroatoms. The molecule has 0 saturated heterocycles. The number of hydrogen-bond acceptors (Lipinski definition) is 2. The van der Waals surface area contributed by atoms with Gasteiger partial charge in [-0.3, -0.25) is 4.79 Å². The summed E-state index contributed by atoms with van der Waals surface area (Å²) in [6.45, 7) is 1.98. The summed E-state index contributed by atoms with van der Waals surface area (Å²) in [5.74, 6) is -0.481. The molecule has 1 aliphatic carbocycles. The maximum atomic E-state index is 13.1. The van der Waals surface area contributed by atoms with Gasteiger partial charge in [-0.1, -0.05) is 0 Å². The Morgan fingerprint density at radius 1 is 1.53 bits per heavy atom. The van der Waals surface area contributed by atoms with Gasteiger partial charge in [-0.2, -0.15) is 0 Å². The van der Waals surface area contributed by atoms with E-state index in [-0.39, 0.29) is 23.3 Å². The lowest BCUT2D eigenvalue weighted by Gasteiger charge is -2.25. The average Bonchev–Trinajstić information content (AvgIpc) is 3.13. The highest BCUT2D eigenvalue weighted by molar-refractivity contribution is 5.96. The minimum absolute atomic E-state index is 0.0278. The van der Waals surface area contributed by atoms with E-state index in [1.807, 2.05) is 6.92 Å². The Morgan fingerprint density at radius 2 is 2.18 bits per heavy atom. The molecular formula is C13H16FNO2. The van der Waals surface area contributed by atoms with Gasteiger partial charge < -0.3 is 10.0 Å². The van der Waals surface area contributed by atoms with Crippen LogP contribution in [0, 0.1) is 11.7 Å². The summed E-state index contributed by atoms with van der Waals surface area (Å²) < 4.78 is 13.1. The quantitative estimate of drug-likeness (QED) is 0.877. The number of amides is 1. The van der Waals surface area contributed by atoms with Gasteiger partial charge >= 0.3 is 0 Å². The standard InChI is InChI=1S/C13H16FNO2/c1-8(9-3-4-9)15(2)13(17)11-7-10(14)5-6-12(11)16/h5-9,16H,3-4H2,1-2H3. The van der Waals surface area contributed by atoms with Crippen LogP contribution in [0.1, 0.15) is 30.1 Å². The van der Waals surface area contributed by atoms with Crippen LogP contribution in [0.4, 0.5) is 4.39 Å². The fourth-order valence-corrected chi connectivity index (χ4v) is 1.95. The number of halogens is 1. The maximum absolute atomic E-state index is 13.1. The van der Waals surface area contributed by atoms with Crippen LogP contribution in [0.3, 0.4) is 0 Å². The smallest absolute Gasteiger partial charge is 0.257 e. The van der Waals surface area contributed by atoms with Crippen LogP contribution in [0.25, 0.3) is 0 Å². The monoisotopic (exact) mass is 237 g/mol. The molecule has 1 N–H and O–H groups in total. The Hall–Kier alpha value is -1.58. The van der Waals surface area contributed by atoms with E-state index in [0.717, 1.165) is 25.0 Å². The third-order valence-electron chi connectivity index (χ3n) is 3.42. The van der Waals surface area contributed by atoms with Crippen LogP contribution in [0.5, 0.6) is 5.75 Å². The van der Waals surface area contributed by atoms with Crippen molar-refractivity contribution in [2.24, 2.45) is 5.92 Å². The van der Waals surface area contributed by atoms with Gasteiger partial charge in [0.2, 0.25) is 0 Å². The Labute approximate surface area is 99.9 Å². The zero-order chi connectivity index (χ0) is 12.6. The molecule has 1 aromatic rings. The van der Waals surface area contributed by atoms with E-state index in [1.165, 1.54) is 6.07 Å². The van der Waals surface area contributed by atoms with Gasteiger partial charge in [-0.25, -0.2) is 4.39 Å². The first kappa shape index (κ1) is 11.9. The largest absolute Gasteiger partial charge is 0.507 e. The molecule has 1 aliphatic rings. The Balaban J connectivity index is 2.20. The lowest BCUT2D eigenvalue weighted by Crippen LogP contribution is -2.36. The van der Waals surface area contributed by atoms with Gasteiger partial charge in [-0.05, 0) is 43.9 Å². The number of carbonyl (C=O) groups excluding carboxylic acids is 1. The molecule has 0 bridgehead atoms. The molecule has 3 nitrogen and oxygen atoms in total. The van der Waals surface area contributed by atoms with Crippen LogP contribution in [-0.2, 0) is 0 Å². The van der Waals surface area contributed by atoms with Crippen LogP contribution in [-0.4, -0.2) is 29.0 Å². The minimum Gasteiger partial charge on any atom is -0.507 e. The summed E-state index contributed by atoms with van der Waals surface area (Å²) in [5, 5.41) is 9.58. The van der Waals surface area contributed by atoms with Crippen molar-refractivity contribution in [3.8, 4) is 5.75 Å². The van der Waals surface area contributed by atoms with Gasteiger partial charge in [0.1, 0.15) is 11.6 Å². The Bertz CT molecular complexity index is 443. The van der Waals surface area contributed by atoms with E-state index in [4.69, 9.17) is 0 Å². The molecule has 0 radical (unpaired) electrons. The first-order chi connectivity index (χ1) is 8.00. The van der Waals surface area contributed by atoms with Crippen molar-refractivity contribution in [3.63, 3.8) is 0 Å². The van der Waals surface area contributed by atoms with Crippen molar-refractivity contribution >= 4 is 5.91 Å². The molecule has 0 aromatic heterocycles. The number of rotatable bonds is 3. The van der Waals surface area contributed by atoms with Crippen LogP contribution in [0.2, 0.25) is 0 Å². The summed E-state index contributed by atoms with van der Waals surface area (Å²) in [7, 11) is 1.69. The molecule has 1 unspecified atom stereocenters. The van der Waals surface area contributed by atoms with Gasteiger partial charge in [0.05, 0.1) is 5.56 Å². The molecule has 0 aliphatic heterocycles. The number of phenolic OH excluding ortho intramolecular Hbond substituents is 1.